The summed E-state index contributed by atoms with van der Waals surface area (Å²) in [6.07, 6.45) is 3.61. The van der Waals surface area contributed by atoms with Crippen LogP contribution in [-0.2, 0) is 0 Å². The molecule has 0 aliphatic carbocycles. The van der Waals surface area contributed by atoms with Crippen molar-refractivity contribution >= 4 is 35.6 Å². The molecule has 124 valence electrons. The molecule has 0 saturated carbocycles. The number of aromatic nitrogens is 2. The van der Waals surface area contributed by atoms with Crippen LogP contribution in [-0.4, -0.2) is 9.55 Å². The lowest BCUT2D eigenvalue weighted by Gasteiger charge is -2.06. The standard InChI is InChI=1S/C21H15FN2.ClH/c22-18-11-5-4-8-16(18)14-15-21-23-19-12-6-7-13-20(19)24(21)17-9-2-1-3-10-17;/h1-15H;1H/b15-14+;. The van der Waals surface area contributed by atoms with Gasteiger partial charge in [0.2, 0.25) is 0 Å². The Morgan fingerprint density at radius 1 is 0.760 bits per heavy atom. The van der Waals surface area contributed by atoms with Crippen LogP contribution in [0.2, 0.25) is 0 Å². The molecule has 0 unspecified atom stereocenters. The van der Waals surface area contributed by atoms with Crippen molar-refractivity contribution in [2.75, 3.05) is 0 Å². The Morgan fingerprint density at radius 3 is 2.24 bits per heavy atom. The fourth-order valence-electron chi connectivity index (χ4n) is 2.78. The molecular weight excluding hydrogens is 335 g/mol. The second kappa shape index (κ2) is 7.32. The van der Waals surface area contributed by atoms with Gasteiger partial charge in [-0.1, -0.05) is 48.5 Å². The van der Waals surface area contributed by atoms with Crippen LogP contribution in [0.4, 0.5) is 4.39 Å². The molecule has 0 bridgehead atoms. The third-order valence-electron chi connectivity index (χ3n) is 3.92. The van der Waals surface area contributed by atoms with Crippen molar-refractivity contribution in [1.82, 2.24) is 9.55 Å². The van der Waals surface area contributed by atoms with Gasteiger partial charge in [0.1, 0.15) is 11.6 Å². The van der Waals surface area contributed by atoms with E-state index in [2.05, 4.69) is 9.55 Å². The molecule has 3 aromatic carbocycles. The molecule has 2 nitrogen and oxygen atoms in total. The molecule has 0 aliphatic rings. The second-order valence-electron chi connectivity index (χ2n) is 5.48. The van der Waals surface area contributed by atoms with Gasteiger partial charge in [0, 0.05) is 11.3 Å². The van der Waals surface area contributed by atoms with Crippen molar-refractivity contribution in [3.8, 4) is 5.69 Å². The van der Waals surface area contributed by atoms with E-state index in [0.717, 1.165) is 22.5 Å². The van der Waals surface area contributed by atoms with Gasteiger partial charge in [-0.3, -0.25) is 4.57 Å². The molecule has 0 radical (unpaired) electrons. The molecule has 0 N–H and O–H groups in total. The van der Waals surface area contributed by atoms with Crippen LogP contribution in [0, 0.1) is 5.82 Å². The second-order valence-corrected chi connectivity index (χ2v) is 5.48. The Labute approximate surface area is 151 Å². The third-order valence-corrected chi connectivity index (χ3v) is 3.92. The number of fused-ring (bicyclic) bond motifs is 1. The Kier molecular flexibility index (Phi) is 4.96. The Balaban J connectivity index is 0.00000182. The molecule has 0 spiro atoms. The first kappa shape index (κ1) is 16.9. The smallest absolute Gasteiger partial charge is 0.138 e. The van der Waals surface area contributed by atoms with E-state index < -0.39 is 0 Å². The van der Waals surface area contributed by atoms with Crippen LogP contribution < -0.4 is 0 Å². The van der Waals surface area contributed by atoms with Gasteiger partial charge in [0.05, 0.1) is 11.0 Å². The number of nitrogens with zero attached hydrogens (tertiary/aromatic N) is 2. The van der Waals surface area contributed by atoms with Gasteiger partial charge in [0.15, 0.2) is 0 Å². The maximum Gasteiger partial charge on any atom is 0.138 e. The van der Waals surface area contributed by atoms with E-state index >= 15 is 0 Å². The molecule has 1 aromatic heterocycles. The zero-order valence-electron chi connectivity index (χ0n) is 13.3. The van der Waals surface area contributed by atoms with Crippen molar-refractivity contribution in [3.63, 3.8) is 0 Å². The maximum absolute atomic E-state index is 13.8. The van der Waals surface area contributed by atoms with E-state index in [-0.39, 0.29) is 18.2 Å². The highest BCUT2D eigenvalue weighted by molar-refractivity contribution is 5.85. The highest BCUT2D eigenvalue weighted by Crippen LogP contribution is 2.23. The van der Waals surface area contributed by atoms with Gasteiger partial charge in [-0.25, -0.2) is 9.37 Å². The topological polar surface area (TPSA) is 17.8 Å². The molecule has 4 rings (SSSR count). The molecule has 1 heterocycles. The van der Waals surface area contributed by atoms with E-state index in [1.165, 1.54) is 6.07 Å². The van der Waals surface area contributed by atoms with Crippen molar-refractivity contribution in [1.29, 1.82) is 0 Å². The number of imidazole rings is 1. The lowest BCUT2D eigenvalue weighted by atomic mass is 10.2. The first-order valence-corrected chi connectivity index (χ1v) is 7.78. The number of hydrogen-bond acceptors (Lipinski definition) is 1. The molecule has 0 fully saturated rings. The summed E-state index contributed by atoms with van der Waals surface area (Å²) in [5, 5.41) is 0. The van der Waals surface area contributed by atoms with Crippen molar-refractivity contribution in [3.05, 3.63) is 96.1 Å². The van der Waals surface area contributed by atoms with Crippen LogP contribution in [0.3, 0.4) is 0 Å². The molecular formula is C21H16ClFN2. The number of halogens is 2. The predicted octanol–water partition coefficient (Wildman–Crippen LogP) is 5.76. The van der Waals surface area contributed by atoms with Crippen molar-refractivity contribution in [2.45, 2.75) is 0 Å². The van der Waals surface area contributed by atoms with Crippen LogP contribution in [0.15, 0.2) is 78.9 Å². The van der Waals surface area contributed by atoms with E-state index in [4.69, 9.17) is 0 Å². The third kappa shape index (κ3) is 3.32. The molecule has 4 heteroatoms. The zero-order valence-corrected chi connectivity index (χ0v) is 14.2. The summed E-state index contributed by atoms with van der Waals surface area (Å²) in [6, 6.07) is 24.7. The Hall–Kier alpha value is -2.91. The molecule has 4 aromatic rings. The summed E-state index contributed by atoms with van der Waals surface area (Å²) in [6.45, 7) is 0. The molecule has 25 heavy (non-hydrogen) atoms. The molecule has 0 amide bonds. The van der Waals surface area contributed by atoms with Crippen LogP contribution >= 0.6 is 12.4 Å². The summed E-state index contributed by atoms with van der Waals surface area (Å²) >= 11 is 0. The highest BCUT2D eigenvalue weighted by atomic mass is 35.5. The number of rotatable bonds is 3. The number of benzene rings is 3. The fourth-order valence-corrected chi connectivity index (χ4v) is 2.78. The minimum atomic E-state index is -0.240. The lowest BCUT2D eigenvalue weighted by molar-refractivity contribution is 0.625. The Morgan fingerprint density at radius 2 is 1.44 bits per heavy atom. The Bertz CT molecular complexity index is 1020. The van der Waals surface area contributed by atoms with E-state index in [0.29, 0.717) is 5.56 Å². The van der Waals surface area contributed by atoms with Crippen molar-refractivity contribution in [2.24, 2.45) is 0 Å². The van der Waals surface area contributed by atoms with Crippen LogP contribution in [0.5, 0.6) is 0 Å². The normalized spacial score (nSPS) is 10.9. The van der Waals surface area contributed by atoms with Gasteiger partial charge in [-0.2, -0.15) is 0 Å². The van der Waals surface area contributed by atoms with Gasteiger partial charge < -0.3 is 0 Å². The number of hydrogen-bond donors (Lipinski definition) is 0. The molecule has 0 aliphatic heterocycles. The summed E-state index contributed by atoms with van der Waals surface area (Å²) in [4.78, 5) is 4.69. The van der Waals surface area contributed by atoms with Crippen LogP contribution in [0.1, 0.15) is 11.4 Å². The predicted molar refractivity (Wildman–Crippen MR) is 104 cm³/mol. The monoisotopic (exact) mass is 350 g/mol. The van der Waals surface area contributed by atoms with E-state index in [1.54, 1.807) is 18.2 Å². The minimum absolute atomic E-state index is 0. The fraction of sp³-hybridized carbons (Fsp3) is 0. The summed E-state index contributed by atoms with van der Waals surface area (Å²) in [5.41, 5.74) is 3.51. The molecule has 0 saturated heterocycles. The quantitative estimate of drug-likeness (QED) is 0.459. The SMILES string of the molecule is Cl.Fc1ccccc1/C=C/c1nc2ccccc2n1-c1ccccc1. The van der Waals surface area contributed by atoms with Crippen LogP contribution in [0.25, 0.3) is 28.9 Å². The van der Waals surface area contributed by atoms with Crippen molar-refractivity contribution < 1.29 is 4.39 Å². The largest absolute Gasteiger partial charge is 0.293 e. The first-order valence-electron chi connectivity index (χ1n) is 7.78. The van der Waals surface area contributed by atoms with Gasteiger partial charge in [-0.15, -0.1) is 12.4 Å². The van der Waals surface area contributed by atoms with E-state index in [9.17, 15) is 4.39 Å². The summed E-state index contributed by atoms with van der Waals surface area (Å²) in [7, 11) is 0. The van der Waals surface area contributed by atoms with Gasteiger partial charge >= 0.3 is 0 Å². The first-order chi connectivity index (χ1) is 11.8. The average molecular weight is 351 g/mol. The molecule has 0 atom stereocenters. The maximum atomic E-state index is 13.8. The highest BCUT2D eigenvalue weighted by Gasteiger charge is 2.09. The summed E-state index contributed by atoms with van der Waals surface area (Å²) < 4.78 is 15.9. The average Bonchev–Trinajstić information content (AvgIpc) is 3.00. The minimum Gasteiger partial charge on any atom is -0.293 e. The van der Waals surface area contributed by atoms with Gasteiger partial charge in [0.25, 0.3) is 0 Å². The number of para-hydroxylation sites is 3. The summed E-state index contributed by atoms with van der Waals surface area (Å²) in [5.74, 6) is 0.529. The lowest BCUT2D eigenvalue weighted by Crippen LogP contribution is -1.96. The zero-order chi connectivity index (χ0) is 16.4. The van der Waals surface area contributed by atoms with E-state index in [1.807, 2.05) is 66.7 Å². The van der Waals surface area contributed by atoms with Gasteiger partial charge in [-0.05, 0) is 42.5 Å².